The molecule has 1 aromatic rings. The maximum Gasteiger partial charge on any atom is 0.243 e. The highest BCUT2D eigenvalue weighted by Gasteiger charge is 1.93. The van der Waals surface area contributed by atoms with Crippen LogP contribution in [0, 0.1) is 6.92 Å². The van der Waals surface area contributed by atoms with Gasteiger partial charge in [-0.1, -0.05) is 43.2 Å². The molecule has 2 nitrogen and oxygen atoms in total. The Morgan fingerprint density at radius 3 is 2.62 bits per heavy atom. The van der Waals surface area contributed by atoms with Crippen molar-refractivity contribution in [2.24, 2.45) is 0 Å². The van der Waals surface area contributed by atoms with Crippen molar-refractivity contribution in [1.29, 1.82) is 0 Å². The molecule has 0 aromatic heterocycles. The highest BCUT2D eigenvalue weighted by atomic mass is 16.1. The van der Waals surface area contributed by atoms with Crippen LogP contribution in [0.5, 0.6) is 0 Å². The molecule has 86 valence electrons. The Morgan fingerprint density at radius 1 is 1.31 bits per heavy atom. The standard InChI is InChI=1S/C14H19NO/c1-3-4-11-15-14(16)10-9-13-7-5-12(2)6-8-13/h5-10H,3-4,11H2,1-2H3,(H,15,16)/b10-9+. The van der Waals surface area contributed by atoms with Gasteiger partial charge < -0.3 is 5.32 Å². The van der Waals surface area contributed by atoms with Crippen LogP contribution < -0.4 is 5.32 Å². The van der Waals surface area contributed by atoms with E-state index in [1.165, 1.54) is 5.56 Å². The first-order valence-electron chi connectivity index (χ1n) is 5.75. The normalized spacial score (nSPS) is 10.6. The van der Waals surface area contributed by atoms with Gasteiger partial charge in [0.25, 0.3) is 0 Å². The van der Waals surface area contributed by atoms with E-state index < -0.39 is 0 Å². The lowest BCUT2D eigenvalue weighted by atomic mass is 10.1. The van der Waals surface area contributed by atoms with E-state index in [0.29, 0.717) is 0 Å². The highest BCUT2D eigenvalue weighted by molar-refractivity contribution is 5.91. The number of aryl methyl sites for hydroxylation is 1. The van der Waals surface area contributed by atoms with Gasteiger partial charge in [0.05, 0.1) is 0 Å². The summed E-state index contributed by atoms with van der Waals surface area (Å²) in [5.74, 6) is -0.0194. The second kappa shape index (κ2) is 6.83. The third-order valence-corrected chi connectivity index (χ3v) is 2.33. The molecule has 0 aliphatic heterocycles. The molecule has 16 heavy (non-hydrogen) atoms. The molecule has 0 heterocycles. The molecule has 0 saturated heterocycles. The van der Waals surface area contributed by atoms with Gasteiger partial charge in [0.15, 0.2) is 0 Å². The average molecular weight is 217 g/mol. The number of rotatable bonds is 5. The Labute approximate surface area is 97.4 Å². The Bertz CT molecular complexity index is 352. The van der Waals surface area contributed by atoms with E-state index in [1.54, 1.807) is 6.08 Å². The summed E-state index contributed by atoms with van der Waals surface area (Å²) >= 11 is 0. The van der Waals surface area contributed by atoms with Crippen molar-refractivity contribution in [2.75, 3.05) is 6.54 Å². The van der Waals surface area contributed by atoms with E-state index in [2.05, 4.69) is 12.2 Å². The predicted molar refractivity (Wildman–Crippen MR) is 68.1 cm³/mol. The highest BCUT2D eigenvalue weighted by Crippen LogP contribution is 2.04. The van der Waals surface area contributed by atoms with Gasteiger partial charge in [-0.2, -0.15) is 0 Å². The number of nitrogens with one attached hydrogen (secondary N) is 1. The molecule has 1 aromatic carbocycles. The molecule has 1 amide bonds. The summed E-state index contributed by atoms with van der Waals surface area (Å²) in [5, 5.41) is 2.84. The van der Waals surface area contributed by atoms with Crippen LogP contribution in [0.4, 0.5) is 0 Å². The van der Waals surface area contributed by atoms with Crippen molar-refractivity contribution in [3.63, 3.8) is 0 Å². The Morgan fingerprint density at radius 2 is 2.00 bits per heavy atom. The molecule has 1 N–H and O–H groups in total. The zero-order valence-electron chi connectivity index (χ0n) is 9.99. The number of amides is 1. The van der Waals surface area contributed by atoms with Crippen LogP contribution in [0.15, 0.2) is 30.3 Å². The molecule has 0 saturated carbocycles. The molecule has 0 atom stereocenters. The minimum atomic E-state index is -0.0194. The quantitative estimate of drug-likeness (QED) is 0.596. The molecule has 0 spiro atoms. The number of carbonyl (C=O) groups excluding carboxylic acids is 1. The van der Waals surface area contributed by atoms with Crippen LogP contribution in [0.1, 0.15) is 30.9 Å². The van der Waals surface area contributed by atoms with Gasteiger partial charge in [0, 0.05) is 12.6 Å². The first-order chi connectivity index (χ1) is 7.72. The van der Waals surface area contributed by atoms with E-state index in [-0.39, 0.29) is 5.91 Å². The second-order valence-electron chi connectivity index (χ2n) is 3.89. The fourth-order valence-electron chi connectivity index (χ4n) is 1.30. The lowest BCUT2D eigenvalue weighted by molar-refractivity contribution is -0.116. The Kier molecular flexibility index (Phi) is 5.34. The minimum absolute atomic E-state index is 0.0194. The van der Waals surface area contributed by atoms with Gasteiger partial charge in [-0.05, 0) is 25.0 Å². The summed E-state index contributed by atoms with van der Waals surface area (Å²) in [5.41, 5.74) is 2.28. The molecule has 0 fully saturated rings. The zero-order valence-corrected chi connectivity index (χ0v) is 9.99. The Hall–Kier alpha value is -1.57. The van der Waals surface area contributed by atoms with E-state index in [9.17, 15) is 4.79 Å². The summed E-state index contributed by atoms with van der Waals surface area (Å²) in [6.07, 6.45) is 5.55. The number of carbonyl (C=O) groups is 1. The third kappa shape index (κ3) is 4.78. The van der Waals surface area contributed by atoms with Crippen LogP contribution in [0.25, 0.3) is 6.08 Å². The van der Waals surface area contributed by atoms with Crippen molar-refractivity contribution in [3.8, 4) is 0 Å². The second-order valence-corrected chi connectivity index (χ2v) is 3.89. The van der Waals surface area contributed by atoms with Crippen molar-refractivity contribution >= 4 is 12.0 Å². The smallest absolute Gasteiger partial charge is 0.243 e. The van der Waals surface area contributed by atoms with E-state index in [0.717, 1.165) is 24.9 Å². The SMILES string of the molecule is CCCCNC(=O)/C=C/c1ccc(C)cc1. The lowest BCUT2D eigenvalue weighted by Gasteiger charge is -1.99. The first-order valence-corrected chi connectivity index (χ1v) is 5.75. The van der Waals surface area contributed by atoms with Gasteiger partial charge in [-0.15, -0.1) is 0 Å². The summed E-state index contributed by atoms with van der Waals surface area (Å²) in [4.78, 5) is 11.4. The average Bonchev–Trinajstić information content (AvgIpc) is 2.29. The van der Waals surface area contributed by atoms with Crippen LogP contribution in [-0.2, 0) is 4.79 Å². The Balaban J connectivity index is 2.41. The summed E-state index contributed by atoms with van der Waals surface area (Å²) in [6, 6.07) is 8.08. The minimum Gasteiger partial charge on any atom is -0.353 e. The summed E-state index contributed by atoms with van der Waals surface area (Å²) in [6.45, 7) is 4.91. The third-order valence-electron chi connectivity index (χ3n) is 2.33. The topological polar surface area (TPSA) is 29.1 Å². The zero-order chi connectivity index (χ0) is 11.8. The number of benzene rings is 1. The molecule has 1 rings (SSSR count). The molecule has 0 radical (unpaired) electrons. The predicted octanol–water partition coefficient (Wildman–Crippen LogP) is 2.92. The fourth-order valence-corrected chi connectivity index (χ4v) is 1.30. The molecule has 0 aliphatic rings. The van der Waals surface area contributed by atoms with Crippen LogP contribution >= 0.6 is 0 Å². The monoisotopic (exact) mass is 217 g/mol. The maximum atomic E-state index is 11.4. The van der Waals surface area contributed by atoms with Gasteiger partial charge in [0.1, 0.15) is 0 Å². The number of hydrogen-bond acceptors (Lipinski definition) is 1. The molecule has 0 bridgehead atoms. The van der Waals surface area contributed by atoms with Gasteiger partial charge >= 0.3 is 0 Å². The fraction of sp³-hybridized carbons (Fsp3) is 0.357. The van der Waals surface area contributed by atoms with Crippen LogP contribution in [0.2, 0.25) is 0 Å². The van der Waals surface area contributed by atoms with Gasteiger partial charge in [-0.3, -0.25) is 4.79 Å². The van der Waals surface area contributed by atoms with Crippen molar-refractivity contribution < 1.29 is 4.79 Å². The maximum absolute atomic E-state index is 11.4. The summed E-state index contributed by atoms with van der Waals surface area (Å²) < 4.78 is 0. The van der Waals surface area contributed by atoms with E-state index in [1.807, 2.05) is 37.3 Å². The molecular weight excluding hydrogens is 198 g/mol. The number of hydrogen-bond donors (Lipinski definition) is 1. The van der Waals surface area contributed by atoms with Gasteiger partial charge in [-0.25, -0.2) is 0 Å². The number of unbranched alkanes of at least 4 members (excludes halogenated alkanes) is 1. The van der Waals surface area contributed by atoms with Crippen molar-refractivity contribution in [2.45, 2.75) is 26.7 Å². The largest absolute Gasteiger partial charge is 0.353 e. The van der Waals surface area contributed by atoms with Crippen LogP contribution in [-0.4, -0.2) is 12.5 Å². The van der Waals surface area contributed by atoms with Crippen LogP contribution in [0.3, 0.4) is 0 Å². The van der Waals surface area contributed by atoms with E-state index in [4.69, 9.17) is 0 Å². The lowest BCUT2D eigenvalue weighted by Crippen LogP contribution is -2.21. The summed E-state index contributed by atoms with van der Waals surface area (Å²) in [7, 11) is 0. The van der Waals surface area contributed by atoms with Gasteiger partial charge in [0.2, 0.25) is 5.91 Å². The molecule has 0 aliphatic carbocycles. The molecular formula is C14H19NO. The van der Waals surface area contributed by atoms with Crippen molar-refractivity contribution in [3.05, 3.63) is 41.5 Å². The molecule has 2 heteroatoms. The van der Waals surface area contributed by atoms with Crippen molar-refractivity contribution in [1.82, 2.24) is 5.32 Å². The van der Waals surface area contributed by atoms with E-state index >= 15 is 0 Å². The molecule has 0 unspecified atom stereocenters. The first kappa shape index (κ1) is 12.5.